The van der Waals surface area contributed by atoms with E-state index in [4.69, 9.17) is 5.73 Å². The normalized spacial score (nSPS) is 10.1. The van der Waals surface area contributed by atoms with Gasteiger partial charge >= 0.3 is 6.03 Å². The van der Waals surface area contributed by atoms with Gasteiger partial charge in [-0.15, -0.1) is 0 Å². The van der Waals surface area contributed by atoms with Crippen LogP contribution in [0.2, 0.25) is 0 Å². The Bertz CT molecular complexity index is 633. The van der Waals surface area contributed by atoms with Crippen molar-refractivity contribution >= 4 is 11.9 Å². The van der Waals surface area contributed by atoms with Crippen molar-refractivity contribution in [3.63, 3.8) is 0 Å². The second kappa shape index (κ2) is 6.56. The highest BCUT2D eigenvalue weighted by Gasteiger charge is 2.07. The standard InChI is InChI=1S/C14H17N5O2/c1-9-12(8-18-19-9)7-16-13(20)11-4-2-10(3-5-11)6-17-14(15)21/h2-5,8H,6-7H2,1H3,(H,16,20)(H,18,19)(H3,15,17,21). The monoisotopic (exact) mass is 287 g/mol. The average Bonchev–Trinajstić information content (AvgIpc) is 2.88. The van der Waals surface area contributed by atoms with Gasteiger partial charge in [-0.1, -0.05) is 12.1 Å². The number of H-pyrrole nitrogens is 1. The molecule has 2 rings (SSSR count). The summed E-state index contributed by atoms with van der Waals surface area (Å²) in [5.41, 5.74) is 8.30. The second-order valence-electron chi connectivity index (χ2n) is 4.62. The number of carbonyl (C=O) groups is 2. The van der Waals surface area contributed by atoms with Crippen molar-refractivity contribution in [2.24, 2.45) is 5.73 Å². The highest BCUT2D eigenvalue weighted by molar-refractivity contribution is 5.94. The van der Waals surface area contributed by atoms with Crippen molar-refractivity contribution in [2.75, 3.05) is 0 Å². The molecule has 1 aromatic carbocycles. The molecule has 7 nitrogen and oxygen atoms in total. The van der Waals surface area contributed by atoms with Crippen molar-refractivity contribution in [1.82, 2.24) is 20.8 Å². The fourth-order valence-corrected chi connectivity index (χ4v) is 1.79. The number of amides is 3. The maximum atomic E-state index is 12.0. The summed E-state index contributed by atoms with van der Waals surface area (Å²) < 4.78 is 0. The molecule has 3 amide bonds. The summed E-state index contributed by atoms with van der Waals surface area (Å²) in [6.45, 7) is 2.66. The first-order valence-electron chi connectivity index (χ1n) is 6.45. The van der Waals surface area contributed by atoms with Crippen LogP contribution < -0.4 is 16.4 Å². The van der Waals surface area contributed by atoms with Crippen molar-refractivity contribution in [3.05, 3.63) is 52.8 Å². The van der Waals surface area contributed by atoms with Crippen LogP contribution in [0.25, 0.3) is 0 Å². The lowest BCUT2D eigenvalue weighted by Crippen LogP contribution is -2.28. The zero-order valence-corrected chi connectivity index (χ0v) is 11.6. The molecule has 110 valence electrons. The number of benzene rings is 1. The molecule has 0 bridgehead atoms. The first-order valence-corrected chi connectivity index (χ1v) is 6.45. The number of nitrogens with zero attached hydrogens (tertiary/aromatic N) is 1. The molecular formula is C14H17N5O2. The van der Waals surface area contributed by atoms with E-state index in [0.29, 0.717) is 18.7 Å². The molecular weight excluding hydrogens is 270 g/mol. The number of primary amides is 1. The van der Waals surface area contributed by atoms with Gasteiger partial charge in [0, 0.05) is 29.9 Å². The Kier molecular flexibility index (Phi) is 4.55. The van der Waals surface area contributed by atoms with Gasteiger partial charge in [0.15, 0.2) is 0 Å². The Labute approximate surface area is 121 Å². The fourth-order valence-electron chi connectivity index (χ4n) is 1.79. The molecule has 0 aliphatic rings. The van der Waals surface area contributed by atoms with Gasteiger partial charge in [0.25, 0.3) is 5.91 Å². The van der Waals surface area contributed by atoms with E-state index in [9.17, 15) is 9.59 Å². The number of nitrogens with two attached hydrogens (primary N) is 1. The Morgan fingerprint density at radius 2 is 1.90 bits per heavy atom. The van der Waals surface area contributed by atoms with Gasteiger partial charge in [0.2, 0.25) is 0 Å². The highest BCUT2D eigenvalue weighted by atomic mass is 16.2. The minimum Gasteiger partial charge on any atom is -0.352 e. The van der Waals surface area contributed by atoms with Gasteiger partial charge < -0.3 is 16.4 Å². The quantitative estimate of drug-likeness (QED) is 0.652. The van der Waals surface area contributed by atoms with Crippen LogP contribution >= 0.6 is 0 Å². The third kappa shape index (κ3) is 4.07. The van der Waals surface area contributed by atoms with Crippen LogP contribution in [0.1, 0.15) is 27.2 Å². The van der Waals surface area contributed by atoms with Gasteiger partial charge in [0.1, 0.15) is 0 Å². The summed E-state index contributed by atoms with van der Waals surface area (Å²) in [6, 6.07) is 6.37. The number of hydrogen-bond acceptors (Lipinski definition) is 3. The number of nitrogens with one attached hydrogen (secondary N) is 3. The Morgan fingerprint density at radius 3 is 2.48 bits per heavy atom. The van der Waals surface area contributed by atoms with E-state index in [1.807, 2.05) is 6.92 Å². The lowest BCUT2D eigenvalue weighted by Gasteiger charge is -2.06. The number of hydrogen-bond donors (Lipinski definition) is 4. The van der Waals surface area contributed by atoms with Crippen molar-refractivity contribution < 1.29 is 9.59 Å². The van der Waals surface area contributed by atoms with E-state index >= 15 is 0 Å². The number of urea groups is 1. The molecule has 0 radical (unpaired) electrons. The first-order chi connectivity index (χ1) is 10.1. The Hall–Kier alpha value is -2.83. The van der Waals surface area contributed by atoms with Gasteiger partial charge in [0.05, 0.1) is 6.20 Å². The van der Waals surface area contributed by atoms with E-state index in [-0.39, 0.29) is 5.91 Å². The molecule has 0 saturated carbocycles. The average molecular weight is 287 g/mol. The molecule has 0 unspecified atom stereocenters. The SMILES string of the molecule is Cc1[nH]ncc1CNC(=O)c1ccc(CNC(N)=O)cc1. The summed E-state index contributed by atoms with van der Waals surface area (Å²) in [5.74, 6) is -0.162. The molecule has 0 saturated heterocycles. The van der Waals surface area contributed by atoms with Gasteiger partial charge in [-0.05, 0) is 24.6 Å². The molecule has 0 atom stereocenters. The fraction of sp³-hybridized carbons (Fsp3) is 0.214. The molecule has 0 aliphatic carbocycles. The molecule has 21 heavy (non-hydrogen) atoms. The van der Waals surface area contributed by atoms with Crippen LogP contribution in [0, 0.1) is 6.92 Å². The molecule has 1 aromatic heterocycles. The predicted molar refractivity (Wildman–Crippen MR) is 77.4 cm³/mol. The van der Waals surface area contributed by atoms with E-state index in [1.54, 1.807) is 30.5 Å². The molecule has 1 heterocycles. The first kappa shape index (κ1) is 14.6. The van der Waals surface area contributed by atoms with Gasteiger partial charge in [-0.2, -0.15) is 5.10 Å². The molecule has 2 aromatic rings. The van der Waals surface area contributed by atoms with Crippen LogP contribution in [-0.2, 0) is 13.1 Å². The smallest absolute Gasteiger partial charge is 0.312 e. The van der Waals surface area contributed by atoms with Crippen molar-refractivity contribution in [2.45, 2.75) is 20.0 Å². The number of aromatic amines is 1. The summed E-state index contributed by atoms with van der Waals surface area (Å²) in [7, 11) is 0. The third-order valence-corrected chi connectivity index (χ3v) is 3.06. The van der Waals surface area contributed by atoms with E-state index < -0.39 is 6.03 Å². The number of aryl methyl sites for hydroxylation is 1. The van der Waals surface area contributed by atoms with E-state index in [2.05, 4.69) is 20.8 Å². The van der Waals surface area contributed by atoms with Crippen LogP contribution in [0.15, 0.2) is 30.5 Å². The zero-order valence-electron chi connectivity index (χ0n) is 11.6. The van der Waals surface area contributed by atoms with Gasteiger partial charge in [-0.25, -0.2) is 4.79 Å². The molecule has 0 spiro atoms. The summed E-state index contributed by atoms with van der Waals surface area (Å²) >= 11 is 0. The lowest BCUT2D eigenvalue weighted by atomic mass is 10.1. The van der Waals surface area contributed by atoms with Crippen LogP contribution in [0.4, 0.5) is 4.79 Å². The second-order valence-corrected chi connectivity index (χ2v) is 4.62. The maximum Gasteiger partial charge on any atom is 0.312 e. The molecule has 5 N–H and O–H groups in total. The zero-order chi connectivity index (χ0) is 15.2. The predicted octanol–water partition coefficient (Wildman–Crippen LogP) is 0.816. The third-order valence-electron chi connectivity index (χ3n) is 3.06. The minimum absolute atomic E-state index is 0.162. The Morgan fingerprint density at radius 1 is 1.19 bits per heavy atom. The minimum atomic E-state index is -0.577. The highest BCUT2D eigenvalue weighted by Crippen LogP contribution is 2.06. The number of rotatable bonds is 5. The van der Waals surface area contributed by atoms with Crippen LogP contribution in [0.5, 0.6) is 0 Å². The van der Waals surface area contributed by atoms with Crippen LogP contribution in [-0.4, -0.2) is 22.1 Å². The molecule has 0 aliphatic heterocycles. The number of carbonyl (C=O) groups excluding carboxylic acids is 2. The lowest BCUT2D eigenvalue weighted by molar-refractivity contribution is 0.0951. The summed E-state index contributed by atoms with van der Waals surface area (Å²) in [6.07, 6.45) is 1.69. The largest absolute Gasteiger partial charge is 0.352 e. The summed E-state index contributed by atoms with van der Waals surface area (Å²) in [4.78, 5) is 22.6. The summed E-state index contributed by atoms with van der Waals surface area (Å²) in [5, 5.41) is 12.0. The molecule has 7 heteroatoms. The van der Waals surface area contributed by atoms with Crippen molar-refractivity contribution in [3.8, 4) is 0 Å². The van der Waals surface area contributed by atoms with Crippen LogP contribution in [0.3, 0.4) is 0 Å². The van der Waals surface area contributed by atoms with Crippen molar-refractivity contribution in [1.29, 1.82) is 0 Å². The maximum absolute atomic E-state index is 12.0. The Balaban J connectivity index is 1.90. The molecule has 0 fully saturated rings. The number of aromatic nitrogens is 2. The topological polar surface area (TPSA) is 113 Å². The van der Waals surface area contributed by atoms with E-state index in [0.717, 1.165) is 16.8 Å². The van der Waals surface area contributed by atoms with Gasteiger partial charge in [-0.3, -0.25) is 9.89 Å². The van der Waals surface area contributed by atoms with E-state index in [1.165, 1.54) is 0 Å².